The molecule has 3 aromatic rings. The van der Waals surface area contributed by atoms with Crippen LogP contribution in [-0.2, 0) is 6.42 Å². The molecule has 0 spiro atoms. The highest BCUT2D eigenvalue weighted by Gasteiger charge is 2.18. The van der Waals surface area contributed by atoms with Crippen molar-refractivity contribution in [2.45, 2.75) is 13.3 Å². The van der Waals surface area contributed by atoms with Crippen LogP contribution in [0.5, 0.6) is 0 Å². The Hall–Kier alpha value is -2.30. The smallest absolute Gasteiger partial charge is 0.339 e. The van der Waals surface area contributed by atoms with Crippen LogP contribution in [0.2, 0.25) is 10.2 Å². The first kappa shape index (κ1) is 16.6. The summed E-state index contributed by atoms with van der Waals surface area (Å²) in [7, 11) is 0. The van der Waals surface area contributed by atoms with Crippen LogP contribution < -0.4 is 5.32 Å². The van der Waals surface area contributed by atoms with E-state index in [2.05, 4.69) is 10.3 Å². The third kappa shape index (κ3) is 2.90. The molecule has 3 rings (SSSR count). The summed E-state index contributed by atoms with van der Waals surface area (Å²) in [6, 6.07) is 11.5. The molecule has 0 radical (unpaired) electrons. The highest BCUT2D eigenvalue weighted by Crippen LogP contribution is 2.36. The van der Waals surface area contributed by atoms with Crippen LogP contribution in [0.4, 0.5) is 11.4 Å². The normalized spacial score (nSPS) is 10.8. The number of halogens is 2. The van der Waals surface area contributed by atoms with Crippen molar-refractivity contribution >= 4 is 51.3 Å². The number of aromatic nitrogens is 1. The van der Waals surface area contributed by atoms with Gasteiger partial charge in [-0.3, -0.25) is 0 Å². The molecule has 0 aliphatic rings. The fraction of sp³-hybridized carbons (Fsp3) is 0.111. The maximum Gasteiger partial charge on any atom is 0.339 e. The second-order valence-corrected chi connectivity index (χ2v) is 5.98. The fourth-order valence-corrected chi connectivity index (χ4v) is 3.18. The number of hydrogen-bond donors (Lipinski definition) is 2. The van der Waals surface area contributed by atoms with E-state index in [0.29, 0.717) is 28.4 Å². The van der Waals surface area contributed by atoms with E-state index in [9.17, 15) is 9.90 Å². The molecule has 24 heavy (non-hydrogen) atoms. The highest BCUT2D eigenvalue weighted by atomic mass is 35.5. The Morgan fingerprint density at radius 2 is 1.96 bits per heavy atom. The molecule has 0 aliphatic carbocycles. The molecule has 1 aromatic heterocycles. The molecule has 6 heteroatoms. The van der Waals surface area contributed by atoms with Gasteiger partial charge in [0.2, 0.25) is 0 Å². The summed E-state index contributed by atoms with van der Waals surface area (Å²) in [4.78, 5) is 15.5. The Bertz CT molecular complexity index is 942. The average Bonchev–Trinajstić information content (AvgIpc) is 2.57. The zero-order valence-corrected chi connectivity index (χ0v) is 14.3. The molecular formula is C18H14Cl2N2O2. The number of rotatable bonds is 4. The van der Waals surface area contributed by atoms with Gasteiger partial charge in [0.25, 0.3) is 0 Å². The first-order valence-corrected chi connectivity index (χ1v) is 8.13. The summed E-state index contributed by atoms with van der Waals surface area (Å²) in [6.07, 6.45) is 1.79. The van der Waals surface area contributed by atoms with Crippen molar-refractivity contribution in [3.8, 4) is 0 Å². The molecule has 0 unspecified atom stereocenters. The zero-order chi connectivity index (χ0) is 17.3. The Kier molecular flexibility index (Phi) is 4.60. The number of benzene rings is 2. The van der Waals surface area contributed by atoms with Gasteiger partial charge in [-0.05, 0) is 17.9 Å². The van der Waals surface area contributed by atoms with Gasteiger partial charge < -0.3 is 10.4 Å². The minimum Gasteiger partial charge on any atom is -0.478 e. The number of carbonyl (C=O) groups is 1. The second-order valence-electron chi connectivity index (χ2n) is 5.25. The van der Waals surface area contributed by atoms with Gasteiger partial charge in [-0.1, -0.05) is 60.5 Å². The molecule has 0 saturated heterocycles. The lowest BCUT2D eigenvalue weighted by atomic mass is 10.1. The van der Waals surface area contributed by atoms with Gasteiger partial charge in [0.1, 0.15) is 10.7 Å². The molecule has 1 heterocycles. The maximum atomic E-state index is 11.5. The number of fused-ring (bicyclic) bond motifs is 1. The quantitative estimate of drug-likeness (QED) is 0.599. The third-order valence-electron chi connectivity index (χ3n) is 3.83. The number of hydrogen-bond acceptors (Lipinski definition) is 3. The molecule has 0 aliphatic heterocycles. The molecule has 2 N–H and O–H groups in total. The summed E-state index contributed by atoms with van der Waals surface area (Å²) in [5.41, 5.74) is 1.73. The number of nitrogens with one attached hydrogen (secondary N) is 1. The van der Waals surface area contributed by atoms with E-state index in [0.717, 1.165) is 10.8 Å². The van der Waals surface area contributed by atoms with E-state index >= 15 is 0 Å². The lowest BCUT2D eigenvalue weighted by Crippen LogP contribution is -2.08. The summed E-state index contributed by atoms with van der Waals surface area (Å²) in [5.74, 6) is -1.08. The average molecular weight is 361 g/mol. The van der Waals surface area contributed by atoms with Crippen LogP contribution in [0, 0.1) is 0 Å². The summed E-state index contributed by atoms with van der Waals surface area (Å²) in [6.45, 7) is 1.89. The minimum atomic E-state index is -1.08. The number of pyridine rings is 1. The van der Waals surface area contributed by atoms with Gasteiger partial charge in [0.05, 0.1) is 16.4 Å². The van der Waals surface area contributed by atoms with Crippen molar-refractivity contribution in [2.24, 2.45) is 0 Å². The van der Waals surface area contributed by atoms with E-state index in [1.165, 1.54) is 6.20 Å². The molecule has 2 aromatic carbocycles. The number of anilines is 2. The molecular weight excluding hydrogens is 347 g/mol. The van der Waals surface area contributed by atoms with Crippen molar-refractivity contribution in [2.75, 3.05) is 5.32 Å². The van der Waals surface area contributed by atoms with E-state index in [1.807, 2.05) is 43.3 Å². The number of carboxylic acids is 1. The molecule has 0 bridgehead atoms. The first-order chi connectivity index (χ1) is 11.5. The van der Waals surface area contributed by atoms with Crippen molar-refractivity contribution in [1.29, 1.82) is 0 Å². The molecule has 0 amide bonds. The molecule has 4 nitrogen and oxygen atoms in total. The van der Waals surface area contributed by atoms with Gasteiger partial charge in [-0.15, -0.1) is 0 Å². The predicted octanol–water partition coefficient (Wildman–Crippen LogP) is 5.55. The largest absolute Gasteiger partial charge is 0.478 e. The van der Waals surface area contributed by atoms with Gasteiger partial charge in [-0.2, -0.15) is 0 Å². The van der Waals surface area contributed by atoms with Gasteiger partial charge in [0.15, 0.2) is 0 Å². The Morgan fingerprint density at radius 1 is 1.21 bits per heavy atom. The summed E-state index contributed by atoms with van der Waals surface area (Å²) < 4.78 is 0. The van der Waals surface area contributed by atoms with Gasteiger partial charge in [0, 0.05) is 17.1 Å². The topological polar surface area (TPSA) is 62.2 Å². The highest BCUT2D eigenvalue weighted by molar-refractivity contribution is 6.38. The summed E-state index contributed by atoms with van der Waals surface area (Å²) in [5, 5.41) is 15.3. The lowest BCUT2D eigenvalue weighted by Gasteiger charge is -2.16. The summed E-state index contributed by atoms with van der Waals surface area (Å²) >= 11 is 12.6. The van der Waals surface area contributed by atoms with Crippen LogP contribution >= 0.6 is 23.2 Å². The van der Waals surface area contributed by atoms with Gasteiger partial charge in [-0.25, -0.2) is 9.78 Å². The van der Waals surface area contributed by atoms with Crippen LogP contribution in [-0.4, -0.2) is 16.1 Å². The van der Waals surface area contributed by atoms with Crippen LogP contribution in [0.15, 0.2) is 42.6 Å². The number of carboxylic acid groups (broad SMARTS) is 1. The van der Waals surface area contributed by atoms with Crippen LogP contribution in [0.1, 0.15) is 22.8 Å². The lowest BCUT2D eigenvalue weighted by molar-refractivity contribution is 0.0697. The van der Waals surface area contributed by atoms with E-state index in [1.54, 1.807) is 0 Å². The van der Waals surface area contributed by atoms with Crippen molar-refractivity contribution in [3.63, 3.8) is 0 Å². The standard InChI is InChI=1S/C18H14Cl2N2O2/c1-2-11-16(13(18(23)24)9-21-17(11)20)22-14-8-7-10-5-3-4-6-12(10)15(14)19/h3-9H,2H2,1H3,(H,21,22)(H,23,24). The monoisotopic (exact) mass is 360 g/mol. The second kappa shape index (κ2) is 6.67. The maximum absolute atomic E-state index is 11.5. The van der Waals surface area contributed by atoms with Gasteiger partial charge >= 0.3 is 5.97 Å². The van der Waals surface area contributed by atoms with Crippen molar-refractivity contribution in [3.05, 3.63) is 63.9 Å². The fourth-order valence-electron chi connectivity index (χ4n) is 2.62. The Morgan fingerprint density at radius 3 is 2.67 bits per heavy atom. The SMILES string of the molecule is CCc1c(Cl)ncc(C(=O)O)c1Nc1ccc2ccccc2c1Cl. The molecule has 0 fully saturated rings. The third-order valence-corrected chi connectivity index (χ3v) is 4.57. The number of aromatic carboxylic acids is 1. The van der Waals surface area contributed by atoms with E-state index < -0.39 is 5.97 Å². The van der Waals surface area contributed by atoms with E-state index in [4.69, 9.17) is 23.2 Å². The zero-order valence-electron chi connectivity index (χ0n) is 12.8. The predicted molar refractivity (Wildman–Crippen MR) is 97.8 cm³/mol. The minimum absolute atomic E-state index is 0.0560. The Labute approximate surface area is 149 Å². The first-order valence-electron chi connectivity index (χ1n) is 7.37. The van der Waals surface area contributed by atoms with Crippen LogP contribution in [0.3, 0.4) is 0 Å². The molecule has 0 atom stereocenters. The molecule has 0 saturated carbocycles. The molecule has 122 valence electrons. The number of nitrogens with zero attached hydrogens (tertiary/aromatic N) is 1. The Balaban J connectivity index is 2.16. The van der Waals surface area contributed by atoms with E-state index in [-0.39, 0.29) is 10.7 Å². The van der Waals surface area contributed by atoms with Crippen molar-refractivity contribution in [1.82, 2.24) is 4.98 Å². The van der Waals surface area contributed by atoms with Crippen LogP contribution in [0.25, 0.3) is 10.8 Å². The van der Waals surface area contributed by atoms with Crippen molar-refractivity contribution < 1.29 is 9.90 Å².